The van der Waals surface area contributed by atoms with Crippen molar-refractivity contribution in [2.45, 2.75) is 65.1 Å². The van der Waals surface area contributed by atoms with Crippen LogP contribution in [0.3, 0.4) is 0 Å². The number of methoxy groups -OCH3 is 1. The molecule has 100 valence electrons. The number of ether oxygens (including phenoxy) is 1. The van der Waals surface area contributed by atoms with Crippen molar-refractivity contribution in [3.05, 3.63) is 12.2 Å². The van der Waals surface area contributed by atoms with Gasteiger partial charge in [0.25, 0.3) is 0 Å². The van der Waals surface area contributed by atoms with Gasteiger partial charge in [-0.2, -0.15) is 0 Å². The average Bonchev–Trinajstić information content (AvgIpc) is 2.29. The molecule has 0 spiro atoms. The van der Waals surface area contributed by atoms with Crippen LogP contribution in [0.4, 0.5) is 0 Å². The van der Waals surface area contributed by atoms with Crippen molar-refractivity contribution in [2.24, 2.45) is 11.3 Å². The maximum atomic E-state index is 10.5. The topological polar surface area (TPSA) is 29.5 Å². The highest BCUT2D eigenvalue weighted by Crippen LogP contribution is 2.34. The van der Waals surface area contributed by atoms with Crippen molar-refractivity contribution < 1.29 is 9.84 Å². The summed E-state index contributed by atoms with van der Waals surface area (Å²) < 4.78 is 5.50. The highest BCUT2D eigenvalue weighted by molar-refractivity contribution is 5.14. The molecule has 17 heavy (non-hydrogen) atoms. The van der Waals surface area contributed by atoms with Gasteiger partial charge in [0.1, 0.15) is 6.10 Å². The molecule has 0 aromatic carbocycles. The molecular formula is C15H28O2. The molecule has 1 rings (SSSR count). The average molecular weight is 240 g/mol. The Morgan fingerprint density at radius 3 is 2.18 bits per heavy atom. The smallest absolute Gasteiger partial charge is 0.104 e. The molecule has 1 N–H and O–H groups in total. The molecule has 1 aliphatic rings. The van der Waals surface area contributed by atoms with Crippen LogP contribution in [-0.4, -0.2) is 24.4 Å². The normalized spacial score (nSPS) is 22.2. The number of rotatable bonds is 4. The van der Waals surface area contributed by atoms with Crippen LogP contribution in [0.25, 0.3) is 0 Å². The minimum atomic E-state index is -0.396. The fourth-order valence-corrected chi connectivity index (χ4v) is 2.64. The molecule has 0 aromatic rings. The van der Waals surface area contributed by atoms with E-state index in [9.17, 15) is 5.11 Å². The lowest BCUT2D eigenvalue weighted by Crippen LogP contribution is -2.40. The van der Waals surface area contributed by atoms with Gasteiger partial charge >= 0.3 is 0 Å². The molecular weight excluding hydrogens is 212 g/mol. The van der Waals surface area contributed by atoms with Gasteiger partial charge in [-0.15, -0.1) is 0 Å². The summed E-state index contributed by atoms with van der Waals surface area (Å²) >= 11 is 0. The van der Waals surface area contributed by atoms with Crippen LogP contribution in [-0.2, 0) is 4.74 Å². The number of hydrogen-bond donors (Lipinski definition) is 1. The maximum Gasteiger partial charge on any atom is 0.104 e. The SMILES string of the molecule is C=C([C@@H](OC)[C@@H](O)C1CCCCC1)C(C)(C)C. The first kappa shape index (κ1) is 14.7. The maximum absolute atomic E-state index is 10.5. The Morgan fingerprint density at radius 2 is 1.76 bits per heavy atom. The summed E-state index contributed by atoms with van der Waals surface area (Å²) in [5.41, 5.74) is 0.981. The fraction of sp³-hybridized carbons (Fsp3) is 0.867. The Bertz CT molecular complexity index is 246. The lowest BCUT2D eigenvalue weighted by Gasteiger charge is -2.36. The quantitative estimate of drug-likeness (QED) is 0.762. The third-order valence-electron chi connectivity index (χ3n) is 4.00. The van der Waals surface area contributed by atoms with Crippen LogP contribution in [0.5, 0.6) is 0 Å². The van der Waals surface area contributed by atoms with E-state index in [1.165, 1.54) is 19.3 Å². The van der Waals surface area contributed by atoms with Crippen LogP contribution in [0, 0.1) is 11.3 Å². The van der Waals surface area contributed by atoms with Crippen LogP contribution in [0.2, 0.25) is 0 Å². The summed E-state index contributed by atoms with van der Waals surface area (Å²) in [5.74, 6) is 0.382. The predicted molar refractivity (Wildman–Crippen MR) is 72.0 cm³/mol. The Kier molecular flexibility index (Phi) is 5.21. The molecule has 0 radical (unpaired) electrons. The lowest BCUT2D eigenvalue weighted by molar-refractivity contribution is -0.0375. The Labute approximate surface area is 106 Å². The summed E-state index contributed by atoms with van der Waals surface area (Å²) in [6.07, 6.45) is 5.41. The molecule has 1 saturated carbocycles. The summed E-state index contributed by atoms with van der Waals surface area (Å²) in [5, 5.41) is 10.5. The second kappa shape index (κ2) is 6.01. The monoisotopic (exact) mass is 240 g/mol. The van der Waals surface area contributed by atoms with E-state index in [1.54, 1.807) is 7.11 Å². The second-order valence-corrected chi connectivity index (χ2v) is 6.32. The first-order valence-corrected chi connectivity index (χ1v) is 6.78. The van der Waals surface area contributed by atoms with Gasteiger partial charge in [0.15, 0.2) is 0 Å². The van der Waals surface area contributed by atoms with Gasteiger partial charge in [-0.25, -0.2) is 0 Å². The molecule has 1 aliphatic carbocycles. The van der Waals surface area contributed by atoms with E-state index in [-0.39, 0.29) is 11.5 Å². The van der Waals surface area contributed by atoms with Crippen molar-refractivity contribution in [3.8, 4) is 0 Å². The van der Waals surface area contributed by atoms with Crippen molar-refractivity contribution in [2.75, 3.05) is 7.11 Å². The summed E-state index contributed by atoms with van der Waals surface area (Å²) in [6, 6.07) is 0. The van der Waals surface area contributed by atoms with E-state index in [1.807, 2.05) is 0 Å². The first-order chi connectivity index (χ1) is 7.88. The number of hydrogen-bond acceptors (Lipinski definition) is 2. The molecule has 0 heterocycles. The molecule has 0 unspecified atom stereocenters. The second-order valence-electron chi connectivity index (χ2n) is 6.32. The lowest BCUT2D eigenvalue weighted by atomic mass is 9.77. The largest absolute Gasteiger partial charge is 0.390 e. The van der Waals surface area contributed by atoms with E-state index in [4.69, 9.17) is 4.74 Å². The van der Waals surface area contributed by atoms with E-state index in [0.717, 1.165) is 18.4 Å². The van der Waals surface area contributed by atoms with E-state index >= 15 is 0 Å². The molecule has 0 aliphatic heterocycles. The molecule has 2 atom stereocenters. The third kappa shape index (κ3) is 3.82. The van der Waals surface area contributed by atoms with Gasteiger partial charge in [-0.3, -0.25) is 0 Å². The van der Waals surface area contributed by atoms with Crippen molar-refractivity contribution in [1.82, 2.24) is 0 Å². The molecule has 1 fully saturated rings. The highest BCUT2D eigenvalue weighted by atomic mass is 16.5. The van der Waals surface area contributed by atoms with E-state index < -0.39 is 6.10 Å². The molecule has 0 aromatic heterocycles. The third-order valence-corrected chi connectivity index (χ3v) is 4.00. The van der Waals surface area contributed by atoms with Gasteiger partial charge < -0.3 is 9.84 Å². The van der Waals surface area contributed by atoms with Crippen LogP contribution < -0.4 is 0 Å². The van der Waals surface area contributed by atoms with Crippen LogP contribution in [0.1, 0.15) is 52.9 Å². The predicted octanol–water partition coefficient (Wildman–Crippen LogP) is 3.54. The fourth-order valence-electron chi connectivity index (χ4n) is 2.64. The summed E-state index contributed by atoms with van der Waals surface area (Å²) in [6.45, 7) is 10.5. The summed E-state index contributed by atoms with van der Waals surface area (Å²) in [4.78, 5) is 0. The standard InChI is InChI=1S/C15H28O2/c1-11(15(2,3)4)14(17-5)13(16)12-9-7-6-8-10-12/h12-14,16H,1,6-10H2,2-5H3/t13-,14+/m0/s1. The Morgan fingerprint density at radius 1 is 1.24 bits per heavy atom. The van der Waals surface area contributed by atoms with Crippen LogP contribution >= 0.6 is 0 Å². The molecule has 0 amide bonds. The van der Waals surface area contributed by atoms with Gasteiger partial charge in [0.05, 0.1) is 6.10 Å². The Balaban J connectivity index is 2.69. The summed E-state index contributed by atoms with van der Waals surface area (Å²) in [7, 11) is 1.67. The minimum Gasteiger partial charge on any atom is -0.390 e. The van der Waals surface area contributed by atoms with E-state index in [2.05, 4.69) is 27.4 Å². The molecule has 2 nitrogen and oxygen atoms in total. The van der Waals surface area contributed by atoms with Gasteiger partial charge in [0, 0.05) is 7.11 Å². The zero-order valence-corrected chi connectivity index (χ0v) is 11.8. The van der Waals surface area contributed by atoms with Gasteiger partial charge in [0.2, 0.25) is 0 Å². The van der Waals surface area contributed by atoms with Crippen molar-refractivity contribution >= 4 is 0 Å². The molecule has 0 saturated heterocycles. The first-order valence-electron chi connectivity index (χ1n) is 6.78. The molecule has 2 heteroatoms. The van der Waals surface area contributed by atoms with Crippen LogP contribution in [0.15, 0.2) is 12.2 Å². The van der Waals surface area contributed by atoms with Gasteiger partial charge in [-0.1, -0.05) is 46.6 Å². The number of aliphatic hydroxyl groups is 1. The van der Waals surface area contributed by atoms with Gasteiger partial charge in [-0.05, 0) is 29.7 Å². The zero-order chi connectivity index (χ0) is 13.1. The number of aliphatic hydroxyl groups excluding tert-OH is 1. The molecule has 0 bridgehead atoms. The van der Waals surface area contributed by atoms with E-state index in [0.29, 0.717) is 5.92 Å². The van der Waals surface area contributed by atoms with Crippen molar-refractivity contribution in [1.29, 1.82) is 0 Å². The van der Waals surface area contributed by atoms with Crippen molar-refractivity contribution in [3.63, 3.8) is 0 Å². The highest BCUT2D eigenvalue weighted by Gasteiger charge is 2.34. The zero-order valence-electron chi connectivity index (χ0n) is 11.8. The minimum absolute atomic E-state index is 0.0175. The Hall–Kier alpha value is -0.340.